The summed E-state index contributed by atoms with van der Waals surface area (Å²) in [6.45, 7) is 4.60. The second-order valence-electron chi connectivity index (χ2n) is 5.03. The Morgan fingerprint density at radius 2 is 2.05 bits per heavy atom. The van der Waals surface area contributed by atoms with Crippen molar-refractivity contribution >= 4 is 41.5 Å². The Bertz CT molecular complexity index is 491. The second-order valence-corrected chi connectivity index (χ2v) is 5.43. The SMILES string of the molecule is CC(O)(CN=C(N)N1CCOCC1)c1ccccc1Cl.I. The van der Waals surface area contributed by atoms with E-state index in [4.69, 9.17) is 22.1 Å². The van der Waals surface area contributed by atoms with E-state index in [1.807, 2.05) is 17.0 Å². The lowest BCUT2D eigenvalue weighted by Gasteiger charge is -2.29. The van der Waals surface area contributed by atoms with Crippen molar-refractivity contribution in [1.29, 1.82) is 0 Å². The van der Waals surface area contributed by atoms with Gasteiger partial charge in [0.25, 0.3) is 0 Å². The summed E-state index contributed by atoms with van der Waals surface area (Å²) in [6, 6.07) is 7.21. The fourth-order valence-electron chi connectivity index (χ4n) is 2.11. The number of benzene rings is 1. The van der Waals surface area contributed by atoms with Crippen LogP contribution in [0.2, 0.25) is 5.02 Å². The third-order valence-electron chi connectivity index (χ3n) is 3.34. The van der Waals surface area contributed by atoms with E-state index >= 15 is 0 Å². The molecule has 1 heterocycles. The lowest BCUT2D eigenvalue weighted by atomic mass is 9.96. The van der Waals surface area contributed by atoms with Crippen molar-refractivity contribution in [1.82, 2.24) is 4.90 Å². The van der Waals surface area contributed by atoms with Crippen LogP contribution in [0.1, 0.15) is 12.5 Å². The first-order valence-electron chi connectivity index (χ1n) is 6.61. The molecule has 1 aromatic rings. The van der Waals surface area contributed by atoms with Crippen LogP contribution in [-0.4, -0.2) is 48.8 Å². The number of morpholine rings is 1. The molecular weight excluding hydrogens is 405 g/mol. The molecule has 0 bridgehead atoms. The number of aliphatic imine (C=N–C) groups is 1. The number of guanidine groups is 1. The van der Waals surface area contributed by atoms with Crippen LogP contribution in [0.25, 0.3) is 0 Å². The molecule has 7 heteroatoms. The molecule has 118 valence electrons. The number of aliphatic hydroxyl groups is 1. The van der Waals surface area contributed by atoms with Gasteiger partial charge in [-0.25, -0.2) is 4.99 Å². The van der Waals surface area contributed by atoms with Crippen LogP contribution in [0.4, 0.5) is 0 Å². The monoisotopic (exact) mass is 425 g/mol. The highest BCUT2D eigenvalue weighted by atomic mass is 127. The molecule has 5 nitrogen and oxygen atoms in total. The standard InChI is InChI=1S/C14H20ClN3O2.HI/c1-14(19,11-4-2-3-5-12(11)15)10-17-13(16)18-6-8-20-9-7-18;/h2-5,19H,6-10H2,1H3,(H2,16,17);1H. The molecule has 1 saturated heterocycles. The first kappa shape index (κ1) is 18.5. The summed E-state index contributed by atoms with van der Waals surface area (Å²) in [4.78, 5) is 6.24. The summed E-state index contributed by atoms with van der Waals surface area (Å²) in [6.07, 6.45) is 0. The van der Waals surface area contributed by atoms with Crippen molar-refractivity contribution in [2.45, 2.75) is 12.5 Å². The molecule has 1 unspecified atom stereocenters. The van der Waals surface area contributed by atoms with Crippen LogP contribution in [0, 0.1) is 0 Å². The highest BCUT2D eigenvalue weighted by molar-refractivity contribution is 14.0. The molecule has 0 saturated carbocycles. The van der Waals surface area contributed by atoms with Gasteiger partial charge in [0, 0.05) is 23.7 Å². The lowest BCUT2D eigenvalue weighted by Crippen LogP contribution is -2.45. The molecule has 0 amide bonds. The number of nitrogens with two attached hydrogens (primary N) is 1. The summed E-state index contributed by atoms with van der Waals surface area (Å²) >= 11 is 6.11. The Hall–Kier alpha value is -0.570. The van der Waals surface area contributed by atoms with Gasteiger partial charge in [0.05, 0.1) is 19.8 Å². The van der Waals surface area contributed by atoms with Crippen LogP contribution in [0.3, 0.4) is 0 Å². The second kappa shape index (κ2) is 8.17. The number of nitrogens with zero attached hydrogens (tertiary/aromatic N) is 2. The maximum Gasteiger partial charge on any atom is 0.191 e. The topological polar surface area (TPSA) is 71.1 Å². The zero-order valence-corrected chi connectivity index (χ0v) is 15.0. The summed E-state index contributed by atoms with van der Waals surface area (Å²) in [5, 5.41) is 11.0. The Morgan fingerprint density at radius 1 is 1.43 bits per heavy atom. The van der Waals surface area contributed by atoms with E-state index in [1.54, 1.807) is 19.1 Å². The lowest BCUT2D eigenvalue weighted by molar-refractivity contribution is 0.0618. The smallest absolute Gasteiger partial charge is 0.191 e. The molecule has 0 radical (unpaired) electrons. The fraction of sp³-hybridized carbons (Fsp3) is 0.500. The molecule has 1 aromatic carbocycles. The van der Waals surface area contributed by atoms with Crippen LogP contribution in [-0.2, 0) is 10.3 Å². The molecule has 0 aliphatic carbocycles. The molecule has 1 fully saturated rings. The van der Waals surface area contributed by atoms with Crippen molar-refractivity contribution in [3.8, 4) is 0 Å². The number of rotatable bonds is 3. The number of hydrogen-bond donors (Lipinski definition) is 2. The first-order valence-corrected chi connectivity index (χ1v) is 6.98. The molecule has 3 N–H and O–H groups in total. The van der Waals surface area contributed by atoms with E-state index in [0.29, 0.717) is 29.8 Å². The quantitative estimate of drug-likeness (QED) is 0.440. The van der Waals surface area contributed by atoms with E-state index in [-0.39, 0.29) is 30.5 Å². The zero-order chi connectivity index (χ0) is 14.6. The van der Waals surface area contributed by atoms with Crippen LogP contribution < -0.4 is 5.73 Å². The van der Waals surface area contributed by atoms with Gasteiger partial charge in [-0.05, 0) is 13.0 Å². The summed E-state index contributed by atoms with van der Waals surface area (Å²) < 4.78 is 5.26. The van der Waals surface area contributed by atoms with Gasteiger partial charge in [0.1, 0.15) is 5.60 Å². The van der Waals surface area contributed by atoms with Crippen molar-refractivity contribution in [2.75, 3.05) is 32.8 Å². The van der Waals surface area contributed by atoms with E-state index in [1.165, 1.54) is 0 Å². The number of ether oxygens (including phenoxy) is 1. The van der Waals surface area contributed by atoms with E-state index in [2.05, 4.69) is 4.99 Å². The third kappa shape index (κ3) is 4.98. The largest absolute Gasteiger partial charge is 0.383 e. The maximum absolute atomic E-state index is 10.5. The van der Waals surface area contributed by atoms with E-state index < -0.39 is 5.60 Å². The minimum Gasteiger partial charge on any atom is -0.383 e. The number of halogens is 2. The van der Waals surface area contributed by atoms with Gasteiger partial charge in [-0.15, -0.1) is 24.0 Å². The van der Waals surface area contributed by atoms with Crippen molar-refractivity contribution in [3.63, 3.8) is 0 Å². The molecule has 2 rings (SSSR count). The minimum absolute atomic E-state index is 0. The van der Waals surface area contributed by atoms with Crippen LogP contribution >= 0.6 is 35.6 Å². The molecule has 0 spiro atoms. The van der Waals surface area contributed by atoms with Crippen molar-refractivity contribution in [3.05, 3.63) is 34.9 Å². The van der Waals surface area contributed by atoms with Crippen molar-refractivity contribution < 1.29 is 9.84 Å². The average Bonchev–Trinajstić information content (AvgIpc) is 2.46. The Morgan fingerprint density at radius 3 is 2.67 bits per heavy atom. The Balaban J connectivity index is 0.00000220. The van der Waals surface area contributed by atoms with Gasteiger partial charge in [-0.1, -0.05) is 29.8 Å². The molecule has 21 heavy (non-hydrogen) atoms. The van der Waals surface area contributed by atoms with Gasteiger partial charge in [0.15, 0.2) is 5.96 Å². The molecular formula is C14H21ClIN3O2. The van der Waals surface area contributed by atoms with Gasteiger partial charge < -0.3 is 20.5 Å². The summed E-state index contributed by atoms with van der Waals surface area (Å²) in [7, 11) is 0. The number of hydrogen-bond acceptors (Lipinski definition) is 3. The molecule has 0 aromatic heterocycles. The minimum atomic E-state index is -1.14. The predicted octanol–water partition coefficient (Wildman–Crippen LogP) is 1.81. The van der Waals surface area contributed by atoms with Gasteiger partial charge in [-0.2, -0.15) is 0 Å². The Kier molecular flexibility index (Phi) is 7.19. The predicted molar refractivity (Wildman–Crippen MR) is 95.3 cm³/mol. The first-order chi connectivity index (χ1) is 9.50. The maximum atomic E-state index is 10.5. The van der Waals surface area contributed by atoms with E-state index in [9.17, 15) is 5.11 Å². The Labute approximate surface area is 147 Å². The zero-order valence-electron chi connectivity index (χ0n) is 12.0. The fourth-order valence-corrected chi connectivity index (χ4v) is 2.45. The van der Waals surface area contributed by atoms with Gasteiger partial charge >= 0.3 is 0 Å². The summed E-state index contributed by atoms with van der Waals surface area (Å²) in [5.41, 5.74) is 5.46. The van der Waals surface area contributed by atoms with Crippen molar-refractivity contribution in [2.24, 2.45) is 10.7 Å². The molecule has 1 aliphatic heterocycles. The van der Waals surface area contributed by atoms with Gasteiger partial charge in [0.2, 0.25) is 0 Å². The highest BCUT2D eigenvalue weighted by Crippen LogP contribution is 2.27. The third-order valence-corrected chi connectivity index (χ3v) is 3.67. The molecule has 1 atom stereocenters. The molecule has 1 aliphatic rings. The van der Waals surface area contributed by atoms with E-state index in [0.717, 1.165) is 13.1 Å². The summed E-state index contributed by atoms with van der Waals surface area (Å²) in [5.74, 6) is 0.431. The normalized spacial score (nSPS) is 18.8. The van der Waals surface area contributed by atoms with Crippen LogP contribution in [0.5, 0.6) is 0 Å². The average molecular weight is 426 g/mol. The highest BCUT2D eigenvalue weighted by Gasteiger charge is 2.25. The van der Waals surface area contributed by atoms with Gasteiger partial charge in [-0.3, -0.25) is 0 Å². The van der Waals surface area contributed by atoms with Crippen LogP contribution in [0.15, 0.2) is 29.3 Å².